The van der Waals surface area contributed by atoms with Gasteiger partial charge in [0.1, 0.15) is 5.82 Å². The fraction of sp³-hybridized carbons (Fsp3) is 0.300. The van der Waals surface area contributed by atoms with Crippen molar-refractivity contribution < 1.29 is 18.0 Å². The quantitative estimate of drug-likeness (QED) is 0.672. The summed E-state index contributed by atoms with van der Waals surface area (Å²) in [7, 11) is 0. The van der Waals surface area contributed by atoms with Gasteiger partial charge in [0.15, 0.2) is 5.78 Å². The van der Waals surface area contributed by atoms with Crippen LogP contribution < -0.4 is 0 Å². The number of carbonyl (C=O) groups excluding carboxylic acids is 1. The van der Waals surface area contributed by atoms with Crippen LogP contribution >= 0.6 is 0 Å². The van der Waals surface area contributed by atoms with Gasteiger partial charge < -0.3 is 0 Å². The highest BCUT2D eigenvalue weighted by Crippen LogP contribution is 2.26. The Morgan fingerprint density at radius 2 is 1.93 bits per heavy atom. The molecule has 0 aliphatic heterocycles. The summed E-state index contributed by atoms with van der Waals surface area (Å²) in [6.07, 6.45) is -2.76. The van der Waals surface area contributed by atoms with Crippen molar-refractivity contribution in [3.8, 4) is 0 Å². The Morgan fingerprint density at radius 1 is 1.36 bits per heavy atom. The molecule has 1 nitrogen and oxygen atoms in total. The normalized spacial score (nSPS) is 10.7. The van der Waals surface area contributed by atoms with Crippen LogP contribution in [-0.2, 0) is 0 Å². The minimum Gasteiger partial charge on any atom is -0.294 e. The first-order chi connectivity index (χ1) is 6.43. The molecule has 0 radical (unpaired) electrons. The number of Topliss-reactive ketones (excluding diaryl/α,β-unsaturated/α-hetero) is 1. The largest absolute Gasteiger partial charge is 0.294 e. The zero-order valence-electron chi connectivity index (χ0n) is 7.77. The summed E-state index contributed by atoms with van der Waals surface area (Å²) >= 11 is 0. The van der Waals surface area contributed by atoms with E-state index >= 15 is 0 Å². The molecule has 76 valence electrons. The third-order valence-electron chi connectivity index (χ3n) is 2.03. The lowest BCUT2D eigenvalue weighted by Gasteiger charge is -2.08. The molecule has 0 saturated heterocycles. The maximum Gasteiger partial charge on any atom is 0.264 e. The van der Waals surface area contributed by atoms with Gasteiger partial charge in [-0.15, -0.1) is 0 Å². The lowest BCUT2D eigenvalue weighted by atomic mass is 10.00. The van der Waals surface area contributed by atoms with Crippen molar-refractivity contribution in [2.24, 2.45) is 0 Å². The van der Waals surface area contributed by atoms with Gasteiger partial charge in [0, 0.05) is 11.1 Å². The maximum atomic E-state index is 12.8. The lowest BCUT2D eigenvalue weighted by Crippen LogP contribution is -2.02. The molecule has 0 aromatic heterocycles. The van der Waals surface area contributed by atoms with Crippen LogP contribution in [0, 0.1) is 12.7 Å². The maximum absolute atomic E-state index is 12.8. The minimum absolute atomic E-state index is 0.0142. The van der Waals surface area contributed by atoms with Gasteiger partial charge in [-0.3, -0.25) is 4.79 Å². The highest BCUT2D eigenvalue weighted by atomic mass is 19.3. The predicted octanol–water partition coefficient (Wildman–Crippen LogP) is 3.27. The van der Waals surface area contributed by atoms with E-state index < -0.39 is 23.6 Å². The Labute approximate surface area is 79.5 Å². The molecule has 1 rings (SSSR count). The second-order valence-corrected chi connectivity index (χ2v) is 3.02. The van der Waals surface area contributed by atoms with Gasteiger partial charge in [-0.05, 0) is 31.5 Å². The average Bonchev–Trinajstić information content (AvgIpc) is 2.07. The van der Waals surface area contributed by atoms with Gasteiger partial charge in [0.05, 0.1) is 0 Å². The Hall–Kier alpha value is -1.32. The van der Waals surface area contributed by atoms with Crippen molar-refractivity contribution in [1.82, 2.24) is 0 Å². The first-order valence-electron chi connectivity index (χ1n) is 4.02. The molecule has 0 atom stereocenters. The average molecular weight is 202 g/mol. The van der Waals surface area contributed by atoms with Crippen LogP contribution in [0.25, 0.3) is 0 Å². The van der Waals surface area contributed by atoms with E-state index in [9.17, 15) is 18.0 Å². The van der Waals surface area contributed by atoms with Crippen LogP contribution in [0.2, 0.25) is 0 Å². The highest BCUT2D eigenvalue weighted by Gasteiger charge is 2.16. The monoisotopic (exact) mass is 202 g/mol. The second-order valence-electron chi connectivity index (χ2n) is 3.02. The standard InChI is InChI=1S/C10H9F3O/c1-5-8(6(2)14)3-7(11)4-9(5)10(12)13/h3-4,10H,1-2H3. The van der Waals surface area contributed by atoms with E-state index in [-0.39, 0.29) is 11.1 Å². The number of benzene rings is 1. The molecule has 4 heteroatoms. The van der Waals surface area contributed by atoms with Crippen molar-refractivity contribution in [3.63, 3.8) is 0 Å². The molecule has 0 amide bonds. The molecule has 0 aliphatic rings. The third kappa shape index (κ3) is 1.95. The van der Waals surface area contributed by atoms with Crippen molar-refractivity contribution >= 4 is 5.78 Å². The molecule has 0 aliphatic carbocycles. The lowest BCUT2D eigenvalue weighted by molar-refractivity contribution is 0.101. The number of ketones is 1. The summed E-state index contributed by atoms with van der Waals surface area (Å²) in [6, 6.07) is 1.73. The summed E-state index contributed by atoms with van der Waals surface area (Å²) in [5.74, 6) is -1.22. The molecular weight excluding hydrogens is 193 g/mol. The van der Waals surface area contributed by atoms with Crippen LogP contribution in [0.4, 0.5) is 13.2 Å². The Kier molecular flexibility index (Phi) is 2.93. The topological polar surface area (TPSA) is 17.1 Å². The molecule has 0 spiro atoms. The summed E-state index contributed by atoms with van der Waals surface area (Å²) in [5.41, 5.74) is -0.260. The van der Waals surface area contributed by atoms with Crippen LogP contribution in [-0.4, -0.2) is 5.78 Å². The van der Waals surface area contributed by atoms with Crippen molar-refractivity contribution in [1.29, 1.82) is 0 Å². The fourth-order valence-electron chi connectivity index (χ4n) is 1.29. The zero-order valence-corrected chi connectivity index (χ0v) is 7.77. The van der Waals surface area contributed by atoms with Crippen molar-refractivity contribution in [2.75, 3.05) is 0 Å². The molecule has 0 unspecified atom stereocenters. The van der Waals surface area contributed by atoms with E-state index in [1.54, 1.807) is 0 Å². The minimum atomic E-state index is -2.76. The Morgan fingerprint density at radius 3 is 2.36 bits per heavy atom. The highest BCUT2D eigenvalue weighted by molar-refractivity contribution is 5.95. The summed E-state index contributed by atoms with van der Waals surface area (Å²) in [4.78, 5) is 11.0. The Bertz CT molecular complexity index is 372. The van der Waals surface area contributed by atoms with E-state index in [2.05, 4.69) is 0 Å². The molecule has 1 aromatic rings. The zero-order chi connectivity index (χ0) is 10.9. The number of carbonyl (C=O) groups is 1. The van der Waals surface area contributed by atoms with E-state index in [1.165, 1.54) is 13.8 Å². The van der Waals surface area contributed by atoms with Gasteiger partial charge in [-0.2, -0.15) is 0 Å². The number of hydrogen-bond donors (Lipinski definition) is 0. The molecule has 14 heavy (non-hydrogen) atoms. The number of hydrogen-bond acceptors (Lipinski definition) is 1. The summed E-state index contributed by atoms with van der Waals surface area (Å²) < 4.78 is 37.6. The third-order valence-corrected chi connectivity index (χ3v) is 2.03. The van der Waals surface area contributed by atoms with Crippen LogP contribution in [0.3, 0.4) is 0 Å². The molecular formula is C10H9F3O. The molecule has 0 fully saturated rings. The van der Waals surface area contributed by atoms with Gasteiger partial charge in [0.2, 0.25) is 0 Å². The van der Waals surface area contributed by atoms with Gasteiger partial charge in [0.25, 0.3) is 6.43 Å². The predicted molar refractivity (Wildman–Crippen MR) is 46.1 cm³/mol. The number of alkyl halides is 2. The molecule has 0 N–H and O–H groups in total. The van der Waals surface area contributed by atoms with Gasteiger partial charge in [-0.1, -0.05) is 0 Å². The SMILES string of the molecule is CC(=O)c1cc(F)cc(C(F)F)c1C. The first kappa shape index (κ1) is 10.8. The first-order valence-corrected chi connectivity index (χ1v) is 4.02. The molecule has 0 bridgehead atoms. The molecule has 1 aromatic carbocycles. The van der Waals surface area contributed by atoms with Crippen LogP contribution in [0.5, 0.6) is 0 Å². The van der Waals surface area contributed by atoms with E-state index in [1.807, 2.05) is 0 Å². The molecule has 0 heterocycles. The fourth-order valence-corrected chi connectivity index (χ4v) is 1.29. The van der Waals surface area contributed by atoms with Crippen LogP contribution in [0.1, 0.15) is 34.8 Å². The van der Waals surface area contributed by atoms with Crippen molar-refractivity contribution in [2.45, 2.75) is 20.3 Å². The van der Waals surface area contributed by atoms with Gasteiger partial charge in [-0.25, -0.2) is 13.2 Å². The Balaban J connectivity index is 3.40. The van der Waals surface area contributed by atoms with Gasteiger partial charge >= 0.3 is 0 Å². The summed E-state index contributed by atoms with van der Waals surface area (Å²) in [6.45, 7) is 2.61. The number of halogens is 3. The van der Waals surface area contributed by atoms with Crippen LogP contribution in [0.15, 0.2) is 12.1 Å². The smallest absolute Gasteiger partial charge is 0.264 e. The van der Waals surface area contributed by atoms with E-state index in [0.717, 1.165) is 12.1 Å². The van der Waals surface area contributed by atoms with E-state index in [0.29, 0.717) is 0 Å². The molecule has 0 saturated carbocycles. The van der Waals surface area contributed by atoms with E-state index in [4.69, 9.17) is 0 Å². The number of rotatable bonds is 2. The second kappa shape index (κ2) is 3.82. The summed E-state index contributed by atoms with van der Waals surface area (Å²) in [5, 5.41) is 0. The van der Waals surface area contributed by atoms with Crippen molar-refractivity contribution in [3.05, 3.63) is 34.6 Å².